The van der Waals surface area contributed by atoms with Crippen molar-refractivity contribution in [3.8, 4) is 5.69 Å². The van der Waals surface area contributed by atoms with Crippen molar-refractivity contribution >= 4 is 133 Å². The summed E-state index contributed by atoms with van der Waals surface area (Å²) in [5.41, 5.74) is 10.9. The Morgan fingerprint density at radius 3 is 1.94 bits per heavy atom. The Bertz CT molecular complexity index is 4080. The van der Waals surface area contributed by atoms with E-state index in [1.165, 1.54) is 125 Å². The first kappa shape index (κ1) is 35.8. The normalized spacial score (nSPS) is 15.5. The minimum atomic E-state index is 0.187. The van der Waals surface area contributed by atoms with Crippen LogP contribution in [0.5, 0.6) is 0 Å². The smallest absolute Gasteiger partial charge is 0.227 e. The van der Waals surface area contributed by atoms with Crippen LogP contribution in [0.25, 0.3) is 81.4 Å². The largest absolute Gasteiger partial charge is 0.309 e. The van der Waals surface area contributed by atoms with Crippen LogP contribution >= 0.6 is 23.5 Å². The second kappa shape index (κ2) is 13.5. The topological polar surface area (TPSA) is 11.2 Å². The first-order valence-corrected chi connectivity index (χ1v) is 24.0. The van der Waals surface area contributed by atoms with E-state index in [1.807, 2.05) is 23.5 Å². The summed E-state index contributed by atoms with van der Waals surface area (Å²) in [5.74, 6) is 0. The van der Waals surface area contributed by atoms with Crippen molar-refractivity contribution in [3.05, 3.63) is 212 Å². The molecule has 2 aliphatic heterocycles. The van der Waals surface area contributed by atoms with Gasteiger partial charge in [-0.1, -0.05) is 133 Å². The van der Waals surface area contributed by atoms with Crippen LogP contribution in [0.2, 0.25) is 0 Å². The number of para-hydroxylation sites is 3. The van der Waals surface area contributed by atoms with E-state index in [1.54, 1.807) is 0 Å². The Labute approximate surface area is 383 Å². The predicted molar refractivity (Wildman–Crippen MR) is 279 cm³/mol. The summed E-state index contributed by atoms with van der Waals surface area (Å²) in [6.45, 7) is 0. The van der Waals surface area contributed by atoms with Crippen LogP contribution in [-0.4, -0.2) is 15.5 Å². The van der Waals surface area contributed by atoms with Crippen LogP contribution < -0.4 is 9.48 Å². The Balaban J connectivity index is 0.928. The number of allylic oxidation sites excluding steroid dienone is 3. The van der Waals surface area contributed by atoms with E-state index in [0.717, 1.165) is 5.69 Å². The molecule has 3 nitrogen and oxygen atoms in total. The number of hydrogen-bond acceptors (Lipinski definition) is 3. The van der Waals surface area contributed by atoms with Gasteiger partial charge in [-0.15, -0.1) is 11.8 Å². The molecule has 15 rings (SSSR count). The second-order valence-electron chi connectivity index (χ2n) is 17.4. The van der Waals surface area contributed by atoms with Gasteiger partial charge >= 0.3 is 0 Å². The zero-order valence-corrected chi connectivity index (χ0v) is 36.6. The molecular formula is C60H36N3S2+. The highest BCUT2D eigenvalue weighted by Crippen LogP contribution is 2.52. The van der Waals surface area contributed by atoms with Crippen LogP contribution in [0.15, 0.2) is 227 Å². The van der Waals surface area contributed by atoms with E-state index in [-0.39, 0.29) is 5.25 Å². The fraction of sp³-hybridized carbons (Fsp3) is 0.0167. The summed E-state index contributed by atoms with van der Waals surface area (Å²) in [6, 6.07) is 70.4. The highest BCUT2D eigenvalue weighted by molar-refractivity contribution is 8.01. The minimum absolute atomic E-state index is 0.187. The molecule has 1 atom stereocenters. The van der Waals surface area contributed by atoms with Crippen molar-refractivity contribution in [3.63, 3.8) is 0 Å². The molecule has 0 fully saturated rings. The second-order valence-corrected chi connectivity index (χ2v) is 19.7. The van der Waals surface area contributed by atoms with E-state index in [4.69, 9.17) is 0 Å². The zero-order chi connectivity index (χ0) is 42.3. The third-order valence-electron chi connectivity index (χ3n) is 13.9. The summed E-state index contributed by atoms with van der Waals surface area (Å²) in [4.78, 5) is 6.25. The van der Waals surface area contributed by atoms with Gasteiger partial charge in [0.25, 0.3) is 0 Å². The molecule has 5 heteroatoms. The molecule has 302 valence electrons. The summed E-state index contributed by atoms with van der Waals surface area (Å²) >= 11 is 3.81. The maximum absolute atomic E-state index is 2.53. The van der Waals surface area contributed by atoms with Gasteiger partial charge in [-0.3, -0.25) is 0 Å². The SMILES string of the molecule is C1=CC2=[N+](c3ccc4c(ccc5cc(N6c7ccccc7Sc7ccccc76)ccc54)c3)c3cc4c(cc3SC2C=C1)c1c2ccc3cccc5ccc(cc1n4-c1ccccc1)c2c53. The fourth-order valence-corrected chi connectivity index (χ4v) is 13.4. The molecule has 3 aliphatic rings. The highest BCUT2D eigenvalue weighted by Gasteiger charge is 2.36. The van der Waals surface area contributed by atoms with Crippen LogP contribution in [-0.2, 0) is 0 Å². The van der Waals surface area contributed by atoms with E-state index >= 15 is 0 Å². The molecule has 0 spiro atoms. The van der Waals surface area contributed by atoms with Crippen LogP contribution in [0.3, 0.4) is 0 Å². The molecule has 12 aromatic rings. The molecule has 11 aromatic carbocycles. The maximum Gasteiger partial charge on any atom is 0.227 e. The number of hydrogen-bond donors (Lipinski definition) is 0. The standard InChI is InChI=1S/C60H36N3S2/c1-2-13-41(14-3-1)61-51-35-52-57(34-47(51)60-46-28-25-37-12-10-11-36-21-24-40(33-53(60)61)59(46)58(36)37)65-56-20-9-6-17-50(56)63(52)43-27-30-45-39(32-43)23-22-38-31-42(26-29-44(38)45)62-48-15-4-7-18-54(48)64-55-19-8-5-16-49(55)62/h1-35,56H/q+1. The molecule has 0 bridgehead atoms. The number of nitrogens with zero attached hydrogens (tertiary/aromatic N) is 3. The average molecular weight is 863 g/mol. The molecule has 0 saturated carbocycles. The first-order chi connectivity index (χ1) is 32.2. The lowest BCUT2D eigenvalue weighted by Gasteiger charge is -2.33. The lowest BCUT2D eigenvalue weighted by molar-refractivity contribution is 1.02. The van der Waals surface area contributed by atoms with Gasteiger partial charge in [-0.05, 0) is 121 Å². The quantitative estimate of drug-likeness (QED) is 0.130. The molecule has 1 aliphatic carbocycles. The van der Waals surface area contributed by atoms with Gasteiger partial charge in [0.15, 0.2) is 0 Å². The first-order valence-electron chi connectivity index (χ1n) is 22.3. The molecule has 3 heterocycles. The predicted octanol–water partition coefficient (Wildman–Crippen LogP) is 16.8. The number of benzene rings is 11. The van der Waals surface area contributed by atoms with Gasteiger partial charge in [-0.2, -0.15) is 4.58 Å². The molecule has 0 amide bonds. The molecule has 65 heavy (non-hydrogen) atoms. The number of fused-ring (bicyclic) bond motifs is 11. The third-order valence-corrected chi connectivity index (χ3v) is 16.3. The third kappa shape index (κ3) is 5.14. The maximum atomic E-state index is 2.53. The lowest BCUT2D eigenvalue weighted by atomic mass is 9.92. The van der Waals surface area contributed by atoms with Crippen LogP contribution in [0.4, 0.5) is 28.4 Å². The molecule has 0 radical (unpaired) electrons. The lowest BCUT2D eigenvalue weighted by Crippen LogP contribution is -2.29. The van der Waals surface area contributed by atoms with Gasteiger partial charge in [0.2, 0.25) is 17.1 Å². The Hall–Kier alpha value is -7.57. The minimum Gasteiger partial charge on any atom is -0.309 e. The molecular weight excluding hydrogens is 827 g/mol. The van der Waals surface area contributed by atoms with Gasteiger partial charge in [-0.25, -0.2) is 0 Å². The van der Waals surface area contributed by atoms with Crippen LogP contribution in [0.1, 0.15) is 0 Å². The number of rotatable bonds is 3. The molecule has 0 saturated heterocycles. The molecule has 1 aromatic heterocycles. The fourth-order valence-electron chi connectivity index (χ4n) is 11.1. The number of aromatic nitrogens is 1. The molecule has 1 unspecified atom stereocenters. The van der Waals surface area contributed by atoms with Crippen molar-refractivity contribution in [1.82, 2.24) is 9.14 Å². The monoisotopic (exact) mass is 862 g/mol. The summed E-state index contributed by atoms with van der Waals surface area (Å²) < 4.78 is 5.02. The summed E-state index contributed by atoms with van der Waals surface area (Å²) in [5, 5.41) is 15.6. The van der Waals surface area contributed by atoms with Crippen LogP contribution in [0, 0.1) is 0 Å². The highest BCUT2D eigenvalue weighted by atomic mass is 32.2. The van der Waals surface area contributed by atoms with E-state index in [9.17, 15) is 0 Å². The summed E-state index contributed by atoms with van der Waals surface area (Å²) in [6.07, 6.45) is 9.05. The van der Waals surface area contributed by atoms with Gasteiger partial charge in [0.1, 0.15) is 5.25 Å². The van der Waals surface area contributed by atoms with Crippen molar-refractivity contribution in [2.45, 2.75) is 19.9 Å². The summed E-state index contributed by atoms with van der Waals surface area (Å²) in [7, 11) is 0. The van der Waals surface area contributed by atoms with Crippen molar-refractivity contribution < 1.29 is 0 Å². The van der Waals surface area contributed by atoms with Gasteiger partial charge < -0.3 is 9.47 Å². The van der Waals surface area contributed by atoms with E-state index in [2.05, 4.69) is 226 Å². The van der Waals surface area contributed by atoms with E-state index < -0.39 is 0 Å². The van der Waals surface area contributed by atoms with Crippen molar-refractivity contribution in [1.29, 1.82) is 0 Å². The number of anilines is 3. The van der Waals surface area contributed by atoms with E-state index in [0.29, 0.717) is 0 Å². The van der Waals surface area contributed by atoms with Crippen molar-refractivity contribution in [2.24, 2.45) is 0 Å². The average Bonchev–Trinajstić information content (AvgIpc) is 3.68. The number of thioether (sulfide) groups is 1. The Kier molecular flexibility index (Phi) is 7.43. The van der Waals surface area contributed by atoms with Crippen molar-refractivity contribution in [2.75, 3.05) is 4.90 Å². The van der Waals surface area contributed by atoms with Gasteiger partial charge in [0.05, 0.1) is 27.3 Å². The molecule has 0 N–H and O–H groups in total. The zero-order valence-electron chi connectivity index (χ0n) is 34.9. The Morgan fingerprint density at radius 2 is 1.12 bits per heavy atom. The Morgan fingerprint density at radius 1 is 0.431 bits per heavy atom. The van der Waals surface area contributed by atoms with Gasteiger partial charge in [0, 0.05) is 56.2 Å².